The minimum absolute atomic E-state index is 0.141. The lowest BCUT2D eigenvalue weighted by Crippen LogP contribution is -2.44. The van der Waals surface area contributed by atoms with Crippen molar-refractivity contribution in [1.29, 1.82) is 0 Å². The standard InChI is InChI=1S/C32H39N3O4/c1-20(2)38-31(37)26-18-35(19-32(5,6)28-25-12-7-8-13-27(25)33-29(26)28)30(36)24-11-9-10-23(14-24)17-34-15-21(3)39-22(4)16-34/h7-14,18,20-22,33H,15-17,19H2,1-6H3/t21-,22?/m0/s1. The lowest BCUT2D eigenvalue weighted by molar-refractivity contribution is -0.140. The van der Waals surface area contributed by atoms with Crippen LogP contribution >= 0.6 is 0 Å². The van der Waals surface area contributed by atoms with Gasteiger partial charge in [-0.25, -0.2) is 4.79 Å². The monoisotopic (exact) mass is 529 g/mol. The van der Waals surface area contributed by atoms with Gasteiger partial charge in [-0.05, 0) is 57.0 Å². The summed E-state index contributed by atoms with van der Waals surface area (Å²) in [6.07, 6.45) is 1.75. The van der Waals surface area contributed by atoms with Gasteiger partial charge < -0.3 is 19.4 Å². The summed E-state index contributed by atoms with van der Waals surface area (Å²) in [5.41, 5.74) is 4.30. The molecule has 2 aromatic carbocycles. The molecule has 1 fully saturated rings. The number of rotatable bonds is 5. The number of ether oxygens (including phenoxy) is 2. The fraction of sp³-hybridized carbons (Fsp3) is 0.438. The molecule has 2 atom stereocenters. The molecular weight excluding hydrogens is 490 g/mol. The molecule has 0 aliphatic carbocycles. The second-order valence-corrected chi connectivity index (χ2v) is 11.9. The van der Waals surface area contributed by atoms with Crippen LogP contribution in [0.1, 0.15) is 68.7 Å². The third-order valence-corrected chi connectivity index (χ3v) is 7.40. The molecule has 1 unspecified atom stereocenters. The second-order valence-electron chi connectivity index (χ2n) is 11.9. The van der Waals surface area contributed by atoms with Crippen LogP contribution in [0.25, 0.3) is 16.5 Å². The van der Waals surface area contributed by atoms with E-state index in [4.69, 9.17) is 9.47 Å². The number of para-hydroxylation sites is 1. The number of carbonyl (C=O) groups excluding carboxylic acids is 2. The van der Waals surface area contributed by atoms with E-state index in [0.717, 1.165) is 41.7 Å². The first-order chi connectivity index (χ1) is 18.5. The number of nitrogens with one attached hydrogen (secondary N) is 1. The first-order valence-corrected chi connectivity index (χ1v) is 13.8. The Hall–Kier alpha value is -3.42. The molecule has 0 radical (unpaired) electrons. The molecule has 7 heteroatoms. The molecule has 2 aliphatic heterocycles. The van der Waals surface area contributed by atoms with Gasteiger partial charge in [-0.3, -0.25) is 9.69 Å². The molecule has 2 aliphatic rings. The summed E-state index contributed by atoms with van der Waals surface area (Å²) in [6.45, 7) is 15.0. The van der Waals surface area contributed by atoms with Gasteiger partial charge in [0.1, 0.15) is 0 Å². The molecule has 39 heavy (non-hydrogen) atoms. The van der Waals surface area contributed by atoms with E-state index < -0.39 is 11.4 Å². The van der Waals surface area contributed by atoms with E-state index in [1.165, 1.54) is 0 Å². The van der Waals surface area contributed by atoms with Gasteiger partial charge in [-0.2, -0.15) is 0 Å². The smallest absolute Gasteiger partial charge is 0.342 e. The molecule has 206 valence electrons. The molecule has 1 saturated heterocycles. The number of benzene rings is 2. The summed E-state index contributed by atoms with van der Waals surface area (Å²) >= 11 is 0. The summed E-state index contributed by atoms with van der Waals surface area (Å²) in [7, 11) is 0. The minimum atomic E-state index is -0.447. The number of fused-ring (bicyclic) bond motifs is 3. The van der Waals surface area contributed by atoms with E-state index in [0.29, 0.717) is 23.4 Å². The fourth-order valence-electron chi connectivity index (χ4n) is 6.02. The van der Waals surface area contributed by atoms with Crippen LogP contribution in [0.15, 0.2) is 54.7 Å². The van der Waals surface area contributed by atoms with Crippen LogP contribution in [0.4, 0.5) is 0 Å². The molecule has 0 bridgehead atoms. The van der Waals surface area contributed by atoms with Gasteiger partial charge in [0, 0.05) is 54.3 Å². The molecule has 0 saturated carbocycles. The molecule has 5 rings (SSSR count). The lowest BCUT2D eigenvalue weighted by Gasteiger charge is -2.35. The molecular formula is C32H39N3O4. The third-order valence-electron chi connectivity index (χ3n) is 7.40. The lowest BCUT2D eigenvalue weighted by atomic mass is 9.81. The van der Waals surface area contributed by atoms with Crippen molar-refractivity contribution in [2.75, 3.05) is 19.6 Å². The Morgan fingerprint density at radius 2 is 1.79 bits per heavy atom. The zero-order valence-electron chi connectivity index (χ0n) is 23.8. The van der Waals surface area contributed by atoms with Gasteiger partial charge in [-0.15, -0.1) is 0 Å². The maximum Gasteiger partial charge on any atom is 0.342 e. The van der Waals surface area contributed by atoms with Gasteiger partial charge in [0.2, 0.25) is 0 Å². The van der Waals surface area contributed by atoms with Gasteiger partial charge in [-0.1, -0.05) is 44.2 Å². The Bertz CT molecular complexity index is 1410. The highest BCUT2D eigenvalue weighted by Gasteiger charge is 2.37. The van der Waals surface area contributed by atoms with E-state index in [1.54, 1.807) is 11.1 Å². The van der Waals surface area contributed by atoms with Crippen molar-refractivity contribution in [2.24, 2.45) is 0 Å². The summed E-state index contributed by atoms with van der Waals surface area (Å²) in [5.74, 6) is -0.587. The first kappa shape index (κ1) is 27.2. The fourth-order valence-corrected chi connectivity index (χ4v) is 6.02. The topological polar surface area (TPSA) is 74.9 Å². The average Bonchev–Trinajstić information content (AvgIpc) is 3.20. The van der Waals surface area contributed by atoms with Crippen molar-refractivity contribution in [1.82, 2.24) is 14.8 Å². The molecule has 1 aromatic heterocycles. The number of carbonyl (C=O) groups is 2. The van der Waals surface area contributed by atoms with Crippen molar-refractivity contribution in [3.8, 4) is 0 Å². The number of aromatic amines is 1. The molecule has 1 amide bonds. The van der Waals surface area contributed by atoms with Gasteiger partial charge in [0.25, 0.3) is 5.91 Å². The van der Waals surface area contributed by atoms with E-state index >= 15 is 0 Å². The van der Waals surface area contributed by atoms with Crippen molar-refractivity contribution in [3.63, 3.8) is 0 Å². The highest BCUT2D eigenvalue weighted by molar-refractivity contribution is 6.18. The summed E-state index contributed by atoms with van der Waals surface area (Å²) in [4.78, 5) is 34.9. The zero-order valence-corrected chi connectivity index (χ0v) is 23.8. The van der Waals surface area contributed by atoms with Crippen LogP contribution in [0.2, 0.25) is 0 Å². The largest absolute Gasteiger partial charge is 0.459 e. The summed E-state index contributed by atoms with van der Waals surface area (Å²) in [6, 6.07) is 15.9. The van der Waals surface area contributed by atoms with E-state index in [9.17, 15) is 9.59 Å². The number of aromatic nitrogens is 1. The van der Waals surface area contributed by atoms with Crippen molar-refractivity contribution in [2.45, 2.75) is 71.8 Å². The molecule has 1 N–H and O–H groups in total. The number of morpholine rings is 1. The number of nitrogens with zero attached hydrogens (tertiary/aromatic N) is 2. The predicted molar refractivity (Wildman–Crippen MR) is 153 cm³/mol. The maximum atomic E-state index is 14.0. The summed E-state index contributed by atoms with van der Waals surface area (Å²) < 4.78 is 11.5. The number of hydrogen-bond acceptors (Lipinski definition) is 5. The Morgan fingerprint density at radius 1 is 1.08 bits per heavy atom. The maximum absolute atomic E-state index is 14.0. The number of hydrogen-bond donors (Lipinski definition) is 1. The van der Waals surface area contributed by atoms with Crippen LogP contribution in [0.3, 0.4) is 0 Å². The number of esters is 1. The van der Waals surface area contributed by atoms with Gasteiger partial charge >= 0.3 is 5.97 Å². The number of H-pyrrole nitrogens is 1. The zero-order chi connectivity index (χ0) is 27.9. The van der Waals surface area contributed by atoms with Crippen LogP contribution in [0.5, 0.6) is 0 Å². The van der Waals surface area contributed by atoms with Crippen molar-refractivity contribution < 1.29 is 19.1 Å². The highest BCUT2D eigenvalue weighted by Crippen LogP contribution is 2.40. The van der Waals surface area contributed by atoms with E-state index in [-0.39, 0.29) is 24.2 Å². The Balaban J connectivity index is 1.50. The first-order valence-electron chi connectivity index (χ1n) is 13.8. The second kappa shape index (κ2) is 10.6. The minimum Gasteiger partial charge on any atom is -0.459 e. The molecule has 3 aromatic rings. The predicted octanol–water partition coefficient (Wildman–Crippen LogP) is 5.50. The van der Waals surface area contributed by atoms with Crippen LogP contribution < -0.4 is 0 Å². The van der Waals surface area contributed by atoms with Crippen LogP contribution in [-0.4, -0.2) is 64.6 Å². The van der Waals surface area contributed by atoms with Gasteiger partial charge in [0.15, 0.2) is 0 Å². The van der Waals surface area contributed by atoms with Crippen molar-refractivity contribution in [3.05, 3.63) is 77.1 Å². The van der Waals surface area contributed by atoms with E-state index in [1.807, 2.05) is 50.2 Å². The molecule has 7 nitrogen and oxygen atoms in total. The number of amides is 1. The third kappa shape index (κ3) is 5.65. The highest BCUT2D eigenvalue weighted by atomic mass is 16.5. The molecule has 0 spiro atoms. The normalized spacial score (nSPS) is 21.4. The van der Waals surface area contributed by atoms with Gasteiger partial charge in [0.05, 0.1) is 29.6 Å². The Labute approximate surface area is 230 Å². The van der Waals surface area contributed by atoms with Crippen molar-refractivity contribution >= 4 is 28.4 Å². The van der Waals surface area contributed by atoms with Crippen LogP contribution in [0, 0.1) is 0 Å². The van der Waals surface area contributed by atoms with E-state index in [2.05, 4.69) is 49.7 Å². The molecule has 3 heterocycles. The Morgan fingerprint density at radius 3 is 2.51 bits per heavy atom. The Kier molecular flexibility index (Phi) is 7.40. The van der Waals surface area contributed by atoms with Crippen LogP contribution in [-0.2, 0) is 26.2 Å². The summed E-state index contributed by atoms with van der Waals surface area (Å²) in [5, 5.41) is 1.05. The SMILES string of the molecule is CC(C)OC(=O)C1=CN(C(=O)c2cccc(CN3CC(C)O[C@@H](C)C3)c2)CC(C)(C)c2c1[nH]c1ccccc21. The average molecular weight is 530 g/mol. The quantitative estimate of drug-likeness (QED) is 0.442.